The van der Waals surface area contributed by atoms with Crippen molar-refractivity contribution in [1.82, 2.24) is 9.80 Å². The highest BCUT2D eigenvalue weighted by Gasteiger charge is 2.37. The summed E-state index contributed by atoms with van der Waals surface area (Å²) >= 11 is 5.24. The van der Waals surface area contributed by atoms with Gasteiger partial charge in [-0.2, -0.15) is 0 Å². The van der Waals surface area contributed by atoms with Gasteiger partial charge in [-0.3, -0.25) is 19.4 Å². The predicted molar refractivity (Wildman–Crippen MR) is 104 cm³/mol. The maximum atomic E-state index is 12.5. The largest absolute Gasteiger partial charge is 0.497 e. The summed E-state index contributed by atoms with van der Waals surface area (Å²) in [6.45, 7) is 4.46. The van der Waals surface area contributed by atoms with Crippen molar-refractivity contribution in [2.75, 3.05) is 27.3 Å². The van der Waals surface area contributed by atoms with Crippen molar-refractivity contribution < 1.29 is 19.1 Å². The van der Waals surface area contributed by atoms with Crippen LogP contribution in [0, 0.1) is 0 Å². The molecule has 0 bridgehead atoms. The summed E-state index contributed by atoms with van der Waals surface area (Å²) in [7, 11) is 3.16. The summed E-state index contributed by atoms with van der Waals surface area (Å²) in [5, 5.41) is 0.251. The Hall–Kier alpha value is -2.67. The zero-order chi connectivity index (χ0) is 19.3. The lowest BCUT2D eigenvalue weighted by atomic mass is 10.1. The molecule has 1 fully saturated rings. The van der Waals surface area contributed by atoms with Gasteiger partial charge in [0.05, 0.1) is 14.2 Å². The standard InChI is InChI=1S/C19H22N2O4S/c1-5-20-17(22)15(18(23)21(6-2)19(20)26)9-7-8-13-12-14(24-3)10-11-16(13)25-4/h7-12H,5-6H2,1-4H3/b8-7+. The molecule has 1 aliphatic heterocycles. The van der Waals surface area contributed by atoms with Gasteiger partial charge in [0, 0.05) is 18.7 Å². The van der Waals surface area contributed by atoms with Crippen LogP contribution in [-0.4, -0.2) is 54.0 Å². The summed E-state index contributed by atoms with van der Waals surface area (Å²) < 4.78 is 10.5. The van der Waals surface area contributed by atoms with Gasteiger partial charge in [-0.15, -0.1) is 0 Å². The van der Waals surface area contributed by atoms with Crippen LogP contribution in [0.25, 0.3) is 6.08 Å². The molecule has 138 valence electrons. The van der Waals surface area contributed by atoms with Crippen molar-refractivity contribution in [3.05, 3.63) is 41.5 Å². The number of rotatable bonds is 6. The lowest BCUT2D eigenvalue weighted by Gasteiger charge is -2.35. The van der Waals surface area contributed by atoms with Gasteiger partial charge in [0.25, 0.3) is 11.8 Å². The summed E-state index contributed by atoms with van der Waals surface area (Å²) in [6.07, 6.45) is 4.92. The van der Waals surface area contributed by atoms with Crippen LogP contribution in [0.4, 0.5) is 0 Å². The first-order valence-corrected chi connectivity index (χ1v) is 8.67. The Morgan fingerprint density at radius 1 is 1.04 bits per heavy atom. The summed E-state index contributed by atoms with van der Waals surface area (Å²) in [5.74, 6) is 0.583. The lowest BCUT2D eigenvalue weighted by Crippen LogP contribution is -2.55. The fraction of sp³-hybridized carbons (Fsp3) is 0.316. The Morgan fingerprint density at radius 2 is 1.65 bits per heavy atom. The fourth-order valence-electron chi connectivity index (χ4n) is 2.62. The Labute approximate surface area is 158 Å². The minimum atomic E-state index is -0.380. The van der Waals surface area contributed by atoms with E-state index in [2.05, 4.69) is 0 Å². The smallest absolute Gasteiger partial charge is 0.265 e. The Balaban J connectivity index is 2.36. The number of methoxy groups -OCH3 is 2. The van der Waals surface area contributed by atoms with Crippen molar-refractivity contribution in [3.63, 3.8) is 0 Å². The van der Waals surface area contributed by atoms with E-state index in [-0.39, 0.29) is 22.5 Å². The molecule has 2 amide bonds. The van der Waals surface area contributed by atoms with E-state index in [1.54, 1.807) is 38.5 Å². The third-order valence-corrected chi connectivity index (χ3v) is 4.46. The summed E-state index contributed by atoms with van der Waals surface area (Å²) in [6, 6.07) is 5.39. The van der Waals surface area contributed by atoms with Gasteiger partial charge in [-0.25, -0.2) is 0 Å². The number of nitrogens with zero attached hydrogens (tertiary/aromatic N) is 2. The van der Waals surface area contributed by atoms with E-state index in [9.17, 15) is 9.59 Å². The van der Waals surface area contributed by atoms with Crippen molar-refractivity contribution in [2.45, 2.75) is 13.8 Å². The SMILES string of the molecule is CCN1C(=O)C(=C/C=C/c2cc(OC)ccc2OC)C(=O)N(CC)C1=S. The molecule has 6 nitrogen and oxygen atoms in total. The minimum Gasteiger partial charge on any atom is -0.497 e. The quantitative estimate of drug-likeness (QED) is 0.435. The number of carbonyl (C=O) groups is 2. The van der Waals surface area contributed by atoms with Crippen molar-refractivity contribution in [1.29, 1.82) is 0 Å². The van der Waals surface area contributed by atoms with Crippen LogP contribution in [0.2, 0.25) is 0 Å². The molecule has 0 N–H and O–H groups in total. The second-order valence-electron chi connectivity index (χ2n) is 5.43. The van der Waals surface area contributed by atoms with Crippen LogP contribution in [0.5, 0.6) is 11.5 Å². The van der Waals surface area contributed by atoms with Crippen molar-refractivity contribution in [2.24, 2.45) is 0 Å². The fourth-order valence-corrected chi connectivity index (χ4v) is 3.04. The number of benzene rings is 1. The van der Waals surface area contributed by atoms with Crippen molar-refractivity contribution in [3.8, 4) is 11.5 Å². The van der Waals surface area contributed by atoms with Gasteiger partial charge in [0.1, 0.15) is 17.1 Å². The summed E-state index contributed by atoms with van der Waals surface area (Å²) in [4.78, 5) is 27.9. The molecule has 0 radical (unpaired) electrons. The molecule has 7 heteroatoms. The number of likely N-dealkylation sites (N-methyl/N-ethyl adjacent to an activating group) is 2. The van der Waals surface area contributed by atoms with E-state index in [4.69, 9.17) is 21.7 Å². The molecule has 26 heavy (non-hydrogen) atoms. The number of carbonyl (C=O) groups excluding carboxylic acids is 2. The second kappa shape index (κ2) is 8.62. The van der Waals surface area contributed by atoms with Gasteiger partial charge < -0.3 is 9.47 Å². The lowest BCUT2D eigenvalue weighted by molar-refractivity contribution is -0.133. The third kappa shape index (κ3) is 3.77. The molecule has 1 aromatic carbocycles. The van der Waals surface area contributed by atoms with Crippen LogP contribution in [0.1, 0.15) is 19.4 Å². The Bertz CT molecular complexity index is 758. The monoisotopic (exact) mass is 374 g/mol. The van der Waals surface area contributed by atoms with E-state index in [0.29, 0.717) is 24.6 Å². The molecule has 0 spiro atoms. The molecule has 1 saturated heterocycles. The van der Waals surface area contributed by atoms with Crippen LogP contribution in [0.15, 0.2) is 35.9 Å². The van der Waals surface area contributed by atoms with E-state index in [0.717, 1.165) is 5.56 Å². The molecule has 0 unspecified atom stereocenters. The molecule has 0 saturated carbocycles. The number of allylic oxidation sites excluding steroid dienone is 2. The second-order valence-corrected chi connectivity index (χ2v) is 5.79. The van der Waals surface area contributed by atoms with E-state index >= 15 is 0 Å². The number of ether oxygens (including phenoxy) is 2. The Morgan fingerprint density at radius 3 is 2.15 bits per heavy atom. The first kappa shape index (κ1) is 19.7. The first-order valence-electron chi connectivity index (χ1n) is 8.26. The molecule has 0 atom stereocenters. The molecule has 0 aromatic heterocycles. The van der Waals surface area contributed by atoms with E-state index in [1.807, 2.05) is 19.9 Å². The third-order valence-electron chi connectivity index (χ3n) is 4.02. The molecule has 2 rings (SSSR count). The van der Waals surface area contributed by atoms with Crippen LogP contribution in [-0.2, 0) is 9.59 Å². The predicted octanol–water partition coefficient (Wildman–Crippen LogP) is 2.64. The van der Waals surface area contributed by atoms with E-state index < -0.39 is 0 Å². The molecule has 1 aromatic rings. The van der Waals surface area contributed by atoms with Gasteiger partial charge in [-0.1, -0.05) is 12.2 Å². The molecule has 1 heterocycles. The number of thiocarbonyl (C=S) groups is 1. The minimum absolute atomic E-state index is 0.0837. The van der Waals surface area contributed by atoms with E-state index in [1.165, 1.54) is 15.9 Å². The number of hydrogen-bond donors (Lipinski definition) is 0. The van der Waals surface area contributed by atoms with Gasteiger partial charge in [0.2, 0.25) is 0 Å². The average molecular weight is 374 g/mol. The Kier molecular flexibility index (Phi) is 6.52. The zero-order valence-electron chi connectivity index (χ0n) is 15.3. The highest BCUT2D eigenvalue weighted by molar-refractivity contribution is 7.80. The molecule has 1 aliphatic rings. The van der Waals surface area contributed by atoms with Crippen molar-refractivity contribution >= 4 is 35.2 Å². The maximum Gasteiger partial charge on any atom is 0.265 e. The van der Waals surface area contributed by atoms with Gasteiger partial charge >= 0.3 is 0 Å². The molecular weight excluding hydrogens is 352 g/mol. The maximum absolute atomic E-state index is 12.5. The van der Waals surface area contributed by atoms with Crippen LogP contribution in [0.3, 0.4) is 0 Å². The zero-order valence-corrected chi connectivity index (χ0v) is 16.1. The topological polar surface area (TPSA) is 59.1 Å². The highest BCUT2D eigenvalue weighted by atomic mass is 32.1. The summed E-state index contributed by atoms with van der Waals surface area (Å²) in [5.41, 5.74) is 0.857. The molecule has 0 aliphatic carbocycles. The van der Waals surface area contributed by atoms with Crippen LogP contribution >= 0.6 is 12.2 Å². The van der Waals surface area contributed by atoms with Gasteiger partial charge in [-0.05, 0) is 50.3 Å². The highest BCUT2D eigenvalue weighted by Crippen LogP contribution is 2.25. The van der Waals surface area contributed by atoms with Gasteiger partial charge in [0.15, 0.2) is 5.11 Å². The number of amides is 2. The number of hydrogen-bond acceptors (Lipinski definition) is 5. The first-order chi connectivity index (χ1) is 12.5. The van der Waals surface area contributed by atoms with Crippen LogP contribution < -0.4 is 9.47 Å². The molecular formula is C19H22N2O4S. The average Bonchev–Trinajstić information content (AvgIpc) is 2.65. The normalized spacial score (nSPS) is 15.1.